The Bertz CT molecular complexity index is 499. The van der Waals surface area contributed by atoms with Crippen LogP contribution in [-0.4, -0.2) is 42.5 Å². The summed E-state index contributed by atoms with van der Waals surface area (Å²) in [6.07, 6.45) is 3.44. The monoisotopic (exact) mass is 287 g/mol. The largest absolute Gasteiger partial charge is 0.353 e. The van der Waals surface area contributed by atoms with Crippen molar-refractivity contribution in [2.45, 2.75) is 44.8 Å². The lowest BCUT2D eigenvalue weighted by Gasteiger charge is -2.26. The van der Waals surface area contributed by atoms with Crippen LogP contribution in [0.5, 0.6) is 0 Å². The predicted octanol–water partition coefficient (Wildman–Crippen LogP) is 1.30. The SMILES string of the molecule is CCN(CCNC(=O)C1Cc2ccccc2CN1)C1CC1. The minimum Gasteiger partial charge on any atom is -0.353 e. The zero-order valence-corrected chi connectivity index (χ0v) is 12.8. The summed E-state index contributed by atoms with van der Waals surface area (Å²) >= 11 is 0. The van der Waals surface area contributed by atoms with Crippen molar-refractivity contribution in [1.82, 2.24) is 15.5 Å². The smallest absolute Gasteiger partial charge is 0.237 e. The van der Waals surface area contributed by atoms with E-state index >= 15 is 0 Å². The van der Waals surface area contributed by atoms with E-state index in [1.807, 2.05) is 6.07 Å². The number of fused-ring (bicyclic) bond motifs is 1. The number of nitrogens with one attached hydrogen (secondary N) is 2. The number of carbonyl (C=O) groups is 1. The molecule has 1 atom stereocenters. The molecule has 2 aliphatic rings. The van der Waals surface area contributed by atoms with Crippen LogP contribution in [0.3, 0.4) is 0 Å². The van der Waals surface area contributed by atoms with E-state index in [2.05, 4.69) is 40.7 Å². The molecule has 21 heavy (non-hydrogen) atoms. The van der Waals surface area contributed by atoms with Crippen molar-refractivity contribution in [1.29, 1.82) is 0 Å². The van der Waals surface area contributed by atoms with E-state index in [9.17, 15) is 4.79 Å². The first-order valence-electron chi connectivity index (χ1n) is 8.10. The zero-order chi connectivity index (χ0) is 14.7. The molecule has 3 rings (SSSR count). The summed E-state index contributed by atoms with van der Waals surface area (Å²) in [6, 6.07) is 9.04. The van der Waals surface area contributed by atoms with Crippen molar-refractivity contribution in [2.24, 2.45) is 0 Å². The first kappa shape index (κ1) is 14.5. The van der Waals surface area contributed by atoms with Crippen molar-refractivity contribution >= 4 is 5.91 Å². The Hall–Kier alpha value is -1.39. The summed E-state index contributed by atoms with van der Waals surface area (Å²) in [7, 11) is 0. The molecule has 1 aromatic carbocycles. The second-order valence-corrected chi connectivity index (χ2v) is 6.06. The molecule has 2 N–H and O–H groups in total. The molecule has 1 aromatic rings. The zero-order valence-electron chi connectivity index (χ0n) is 12.8. The van der Waals surface area contributed by atoms with Crippen LogP contribution in [0.25, 0.3) is 0 Å². The number of hydrogen-bond acceptors (Lipinski definition) is 3. The summed E-state index contributed by atoms with van der Waals surface area (Å²) in [6.45, 7) is 5.78. The topological polar surface area (TPSA) is 44.4 Å². The lowest BCUT2D eigenvalue weighted by Crippen LogP contribution is -2.49. The first-order chi connectivity index (χ1) is 10.3. The Morgan fingerprint density at radius 2 is 2.10 bits per heavy atom. The lowest BCUT2D eigenvalue weighted by molar-refractivity contribution is -0.123. The minimum absolute atomic E-state index is 0.0871. The molecule has 1 amide bonds. The Labute approximate surface area is 126 Å². The van der Waals surface area contributed by atoms with Gasteiger partial charge in [0.25, 0.3) is 0 Å². The number of likely N-dealkylation sites (N-methyl/N-ethyl adjacent to an activating group) is 1. The highest BCUT2D eigenvalue weighted by molar-refractivity contribution is 5.82. The predicted molar refractivity (Wildman–Crippen MR) is 84.1 cm³/mol. The average Bonchev–Trinajstić information content (AvgIpc) is 3.35. The van der Waals surface area contributed by atoms with Crippen LogP contribution < -0.4 is 10.6 Å². The Balaban J connectivity index is 1.46. The summed E-state index contributed by atoms with van der Waals surface area (Å²) in [4.78, 5) is 14.7. The van der Waals surface area contributed by atoms with Crippen molar-refractivity contribution < 1.29 is 4.79 Å². The molecule has 1 unspecified atom stereocenters. The van der Waals surface area contributed by atoms with Gasteiger partial charge in [-0.2, -0.15) is 0 Å². The molecule has 4 nitrogen and oxygen atoms in total. The van der Waals surface area contributed by atoms with Crippen LogP contribution in [0.4, 0.5) is 0 Å². The van der Waals surface area contributed by atoms with E-state index in [0.29, 0.717) is 0 Å². The molecule has 4 heteroatoms. The molecule has 0 bridgehead atoms. The van der Waals surface area contributed by atoms with Crippen molar-refractivity contribution in [3.63, 3.8) is 0 Å². The maximum atomic E-state index is 12.3. The average molecular weight is 287 g/mol. The number of amides is 1. The first-order valence-corrected chi connectivity index (χ1v) is 8.10. The van der Waals surface area contributed by atoms with E-state index in [1.165, 1.54) is 24.0 Å². The second kappa shape index (κ2) is 6.58. The molecule has 1 aliphatic heterocycles. The van der Waals surface area contributed by atoms with Crippen LogP contribution >= 0.6 is 0 Å². The number of hydrogen-bond donors (Lipinski definition) is 2. The Morgan fingerprint density at radius 1 is 1.33 bits per heavy atom. The highest BCUT2D eigenvalue weighted by Crippen LogP contribution is 2.25. The molecule has 0 aromatic heterocycles. The van der Waals surface area contributed by atoms with E-state index in [4.69, 9.17) is 0 Å². The van der Waals surface area contributed by atoms with Gasteiger partial charge in [-0.1, -0.05) is 31.2 Å². The van der Waals surface area contributed by atoms with E-state index in [0.717, 1.165) is 38.6 Å². The fourth-order valence-electron chi connectivity index (χ4n) is 3.12. The summed E-state index contributed by atoms with van der Waals surface area (Å²) in [5.41, 5.74) is 2.61. The van der Waals surface area contributed by atoms with Crippen molar-refractivity contribution in [3.8, 4) is 0 Å². The maximum Gasteiger partial charge on any atom is 0.237 e. The van der Waals surface area contributed by atoms with E-state index in [-0.39, 0.29) is 11.9 Å². The third-order valence-electron chi connectivity index (χ3n) is 4.57. The van der Waals surface area contributed by atoms with Crippen LogP contribution in [0.1, 0.15) is 30.9 Å². The van der Waals surface area contributed by atoms with Gasteiger partial charge in [0.2, 0.25) is 5.91 Å². The van der Waals surface area contributed by atoms with Crippen molar-refractivity contribution in [2.75, 3.05) is 19.6 Å². The van der Waals surface area contributed by atoms with E-state index in [1.54, 1.807) is 0 Å². The molecule has 1 fully saturated rings. The molecule has 114 valence electrons. The highest BCUT2D eigenvalue weighted by atomic mass is 16.2. The van der Waals surface area contributed by atoms with Gasteiger partial charge in [-0.3, -0.25) is 9.69 Å². The van der Waals surface area contributed by atoms with Gasteiger partial charge in [-0.25, -0.2) is 0 Å². The molecular weight excluding hydrogens is 262 g/mol. The molecule has 0 spiro atoms. The molecule has 1 saturated carbocycles. The van der Waals surface area contributed by atoms with Gasteiger partial charge < -0.3 is 10.6 Å². The fourth-order valence-corrected chi connectivity index (χ4v) is 3.12. The van der Waals surface area contributed by atoms with Gasteiger partial charge in [0, 0.05) is 25.7 Å². The molecule has 0 saturated heterocycles. The molecule has 1 aliphatic carbocycles. The highest BCUT2D eigenvalue weighted by Gasteiger charge is 2.28. The quantitative estimate of drug-likeness (QED) is 0.829. The molecule has 1 heterocycles. The summed E-state index contributed by atoms with van der Waals surface area (Å²) in [5, 5.41) is 6.42. The van der Waals surface area contributed by atoms with Gasteiger partial charge in [0.15, 0.2) is 0 Å². The molecule has 0 radical (unpaired) electrons. The summed E-state index contributed by atoms with van der Waals surface area (Å²) < 4.78 is 0. The number of rotatable bonds is 6. The Kier molecular flexibility index (Phi) is 4.56. The van der Waals surface area contributed by atoms with Crippen LogP contribution in [0, 0.1) is 0 Å². The molecular formula is C17H25N3O. The number of nitrogens with zero attached hydrogens (tertiary/aromatic N) is 1. The van der Waals surface area contributed by atoms with Crippen LogP contribution in [0.15, 0.2) is 24.3 Å². The fraction of sp³-hybridized carbons (Fsp3) is 0.588. The second-order valence-electron chi connectivity index (χ2n) is 6.06. The van der Waals surface area contributed by atoms with Crippen LogP contribution in [0.2, 0.25) is 0 Å². The number of carbonyl (C=O) groups excluding carboxylic acids is 1. The standard InChI is InChI=1S/C17H25N3O/c1-2-20(15-7-8-15)10-9-18-17(21)16-11-13-5-3-4-6-14(13)12-19-16/h3-6,15-16,19H,2,7-12H2,1H3,(H,18,21). The van der Waals surface area contributed by atoms with E-state index < -0.39 is 0 Å². The van der Waals surface area contributed by atoms with Gasteiger partial charge in [-0.05, 0) is 36.9 Å². The van der Waals surface area contributed by atoms with Gasteiger partial charge in [0.1, 0.15) is 0 Å². The Morgan fingerprint density at radius 3 is 2.81 bits per heavy atom. The van der Waals surface area contributed by atoms with Gasteiger partial charge >= 0.3 is 0 Å². The van der Waals surface area contributed by atoms with Gasteiger partial charge in [0.05, 0.1) is 6.04 Å². The maximum absolute atomic E-state index is 12.3. The minimum atomic E-state index is -0.0871. The third kappa shape index (κ3) is 3.63. The third-order valence-corrected chi connectivity index (χ3v) is 4.57. The lowest BCUT2D eigenvalue weighted by atomic mass is 9.95. The normalized spacial score (nSPS) is 21.1. The van der Waals surface area contributed by atoms with Crippen molar-refractivity contribution in [3.05, 3.63) is 35.4 Å². The number of benzene rings is 1. The van der Waals surface area contributed by atoms with Crippen LogP contribution in [-0.2, 0) is 17.8 Å². The van der Waals surface area contributed by atoms with Gasteiger partial charge in [-0.15, -0.1) is 0 Å². The summed E-state index contributed by atoms with van der Waals surface area (Å²) in [5.74, 6) is 0.136.